The molecule has 1 spiro atoms. The fraction of sp³-hybridized carbons (Fsp3) is 0.750. The second kappa shape index (κ2) is 2.52. The maximum absolute atomic E-state index is 11.0. The highest BCUT2D eigenvalue weighted by Gasteiger charge is 2.74. The zero-order chi connectivity index (χ0) is 10.4. The van der Waals surface area contributed by atoms with Crippen LogP contribution in [0.25, 0.3) is 0 Å². The molecule has 0 aromatic carbocycles. The van der Waals surface area contributed by atoms with E-state index in [1.54, 1.807) is 13.8 Å². The molecule has 6 nitrogen and oxygen atoms in total. The molecule has 2 aliphatic heterocycles. The van der Waals surface area contributed by atoms with Crippen LogP contribution in [0, 0.1) is 0 Å². The van der Waals surface area contributed by atoms with Crippen LogP contribution in [0.3, 0.4) is 0 Å². The van der Waals surface area contributed by atoms with Gasteiger partial charge in [-0.3, -0.25) is 0 Å². The quantitative estimate of drug-likeness (QED) is 0.632. The van der Waals surface area contributed by atoms with Crippen molar-refractivity contribution in [3.8, 4) is 0 Å². The number of carbonyl (C=O) groups is 2. The minimum Gasteiger partial charge on any atom is -0.415 e. The largest absolute Gasteiger partial charge is 0.520 e. The molecule has 0 unspecified atom stereocenters. The summed E-state index contributed by atoms with van der Waals surface area (Å²) in [5.41, 5.74) is -1.02. The van der Waals surface area contributed by atoms with Crippen molar-refractivity contribution >= 4 is 12.3 Å². The van der Waals surface area contributed by atoms with Crippen LogP contribution in [0.2, 0.25) is 0 Å². The molecule has 0 N–H and O–H groups in total. The predicted octanol–water partition coefficient (Wildman–Crippen LogP) is 1.53. The van der Waals surface area contributed by atoms with Crippen molar-refractivity contribution in [2.24, 2.45) is 0 Å². The molecule has 0 saturated carbocycles. The van der Waals surface area contributed by atoms with Gasteiger partial charge in [0.25, 0.3) is 0 Å². The Morgan fingerprint density at radius 3 is 1.71 bits per heavy atom. The lowest BCUT2D eigenvalue weighted by Crippen LogP contribution is -2.63. The molecule has 0 bridgehead atoms. The average Bonchev–Trinajstić information content (AvgIpc) is 2.39. The highest BCUT2D eigenvalue weighted by atomic mass is 17.1. The van der Waals surface area contributed by atoms with Crippen molar-refractivity contribution in [3.05, 3.63) is 0 Å². The molecule has 0 aromatic rings. The van der Waals surface area contributed by atoms with Crippen LogP contribution >= 0.6 is 0 Å². The standard InChI is InChI=1S/C8H10O6/c1-3-7(4-2)8(12-5(9)11-7)13-6(10)14-8/h3-4H2,1-2H3. The Morgan fingerprint density at radius 1 is 0.929 bits per heavy atom. The third kappa shape index (κ3) is 0.853. The summed E-state index contributed by atoms with van der Waals surface area (Å²) in [6.45, 7) is 3.59. The van der Waals surface area contributed by atoms with E-state index in [9.17, 15) is 9.59 Å². The van der Waals surface area contributed by atoms with Crippen molar-refractivity contribution in [3.63, 3.8) is 0 Å². The van der Waals surface area contributed by atoms with Gasteiger partial charge in [0.15, 0.2) is 0 Å². The van der Waals surface area contributed by atoms with Crippen LogP contribution in [0.1, 0.15) is 26.7 Å². The molecule has 2 heterocycles. The molecule has 0 aliphatic carbocycles. The van der Waals surface area contributed by atoms with E-state index >= 15 is 0 Å². The molecule has 0 radical (unpaired) electrons. The molecule has 78 valence electrons. The highest BCUT2D eigenvalue weighted by Crippen LogP contribution is 2.48. The minimum atomic E-state index is -1.65. The van der Waals surface area contributed by atoms with E-state index in [4.69, 9.17) is 18.9 Å². The van der Waals surface area contributed by atoms with Crippen LogP contribution in [0.4, 0.5) is 9.59 Å². The van der Waals surface area contributed by atoms with Crippen molar-refractivity contribution in [2.75, 3.05) is 0 Å². The zero-order valence-corrected chi connectivity index (χ0v) is 7.86. The van der Waals surface area contributed by atoms with Crippen molar-refractivity contribution in [1.29, 1.82) is 0 Å². The van der Waals surface area contributed by atoms with Crippen LogP contribution in [-0.2, 0) is 18.9 Å². The first-order valence-corrected chi connectivity index (χ1v) is 4.41. The fourth-order valence-corrected chi connectivity index (χ4v) is 1.73. The van der Waals surface area contributed by atoms with E-state index in [2.05, 4.69) is 0 Å². The SMILES string of the molecule is CCC1(CC)OC(=O)OC12OC(=O)O2. The maximum Gasteiger partial charge on any atom is 0.520 e. The Bertz CT molecular complexity index is 284. The van der Waals surface area contributed by atoms with Gasteiger partial charge in [0, 0.05) is 0 Å². The van der Waals surface area contributed by atoms with Gasteiger partial charge in [0.2, 0.25) is 5.60 Å². The van der Waals surface area contributed by atoms with E-state index in [-0.39, 0.29) is 0 Å². The summed E-state index contributed by atoms with van der Waals surface area (Å²) in [6, 6.07) is 0. The number of hydrogen-bond acceptors (Lipinski definition) is 6. The summed E-state index contributed by atoms with van der Waals surface area (Å²) in [6.07, 6.45) is -0.832. The first kappa shape index (κ1) is 9.11. The number of rotatable bonds is 2. The highest BCUT2D eigenvalue weighted by molar-refractivity contribution is 5.71. The van der Waals surface area contributed by atoms with Gasteiger partial charge in [-0.2, -0.15) is 0 Å². The van der Waals surface area contributed by atoms with Crippen molar-refractivity contribution in [2.45, 2.75) is 38.3 Å². The summed E-state index contributed by atoms with van der Waals surface area (Å²) in [4.78, 5) is 21.6. The molecule has 2 aliphatic rings. The average molecular weight is 202 g/mol. The Balaban J connectivity index is 2.30. The van der Waals surface area contributed by atoms with Crippen LogP contribution in [0.15, 0.2) is 0 Å². The minimum absolute atomic E-state index is 0.447. The summed E-state index contributed by atoms with van der Waals surface area (Å²) in [7, 11) is 0. The molecule has 6 heteroatoms. The predicted molar refractivity (Wildman–Crippen MR) is 41.2 cm³/mol. The molecule has 0 amide bonds. The smallest absolute Gasteiger partial charge is 0.415 e. The second-order valence-electron chi connectivity index (χ2n) is 3.17. The summed E-state index contributed by atoms with van der Waals surface area (Å²) in [5, 5.41) is 0. The Kier molecular flexibility index (Phi) is 1.64. The van der Waals surface area contributed by atoms with Gasteiger partial charge in [-0.05, 0) is 12.8 Å². The zero-order valence-electron chi connectivity index (χ0n) is 7.86. The first-order chi connectivity index (χ1) is 6.57. The molecular formula is C8H10O6. The lowest BCUT2D eigenvalue weighted by atomic mass is 9.93. The molecule has 2 saturated heterocycles. The van der Waals surface area contributed by atoms with E-state index in [0.29, 0.717) is 12.8 Å². The monoisotopic (exact) mass is 202 g/mol. The van der Waals surface area contributed by atoms with E-state index < -0.39 is 23.9 Å². The van der Waals surface area contributed by atoms with Gasteiger partial charge < -0.3 is 18.9 Å². The Labute approximate surface area is 80.1 Å². The first-order valence-electron chi connectivity index (χ1n) is 4.41. The van der Waals surface area contributed by atoms with Crippen molar-refractivity contribution < 1.29 is 28.5 Å². The number of cyclic esters (lactones) is 1. The molecule has 2 fully saturated rings. The molecule has 14 heavy (non-hydrogen) atoms. The molecular weight excluding hydrogens is 192 g/mol. The lowest BCUT2D eigenvalue weighted by Gasteiger charge is -2.41. The molecule has 0 aromatic heterocycles. The van der Waals surface area contributed by atoms with Gasteiger partial charge in [0.05, 0.1) is 0 Å². The van der Waals surface area contributed by atoms with E-state index in [1.807, 2.05) is 0 Å². The summed E-state index contributed by atoms with van der Waals surface area (Å²) < 4.78 is 19.2. The number of hydrogen-bond donors (Lipinski definition) is 0. The molecule has 2 rings (SSSR count). The van der Waals surface area contributed by atoms with Crippen LogP contribution in [-0.4, -0.2) is 23.9 Å². The topological polar surface area (TPSA) is 71.1 Å². The Hall–Kier alpha value is -1.46. The summed E-state index contributed by atoms with van der Waals surface area (Å²) in [5.74, 6) is -1.65. The van der Waals surface area contributed by atoms with E-state index in [0.717, 1.165) is 0 Å². The van der Waals surface area contributed by atoms with Crippen molar-refractivity contribution in [1.82, 2.24) is 0 Å². The Morgan fingerprint density at radius 2 is 1.36 bits per heavy atom. The van der Waals surface area contributed by atoms with Gasteiger partial charge in [-0.15, -0.1) is 0 Å². The second-order valence-corrected chi connectivity index (χ2v) is 3.17. The lowest BCUT2D eigenvalue weighted by molar-refractivity contribution is -0.408. The van der Waals surface area contributed by atoms with Crippen LogP contribution in [0.5, 0.6) is 0 Å². The molecule has 0 atom stereocenters. The van der Waals surface area contributed by atoms with Gasteiger partial charge in [-0.1, -0.05) is 13.8 Å². The van der Waals surface area contributed by atoms with Gasteiger partial charge >= 0.3 is 18.3 Å². The maximum atomic E-state index is 11.0. The van der Waals surface area contributed by atoms with E-state index in [1.165, 1.54) is 0 Å². The normalized spacial score (nSPS) is 25.9. The number of carbonyl (C=O) groups excluding carboxylic acids is 2. The summed E-state index contributed by atoms with van der Waals surface area (Å²) >= 11 is 0. The number of ether oxygens (including phenoxy) is 4. The van der Waals surface area contributed by atoms with Gasteiger partial charge in [-0.25, -0.2) is 9.59 Å². The fourth-order valence-electron chi connectivity index (χ4n) is 1.73. The third-order valence-corrected chi connectivity index (χ3v) is 2.63. The van der Waals surface area contributed by atoms with Crippen LogP contribution < -0.4 is 0 Å². The third-order valence-electron chi connectivity index (χ3n) is 2.63. The van der Waals surface area contributed by atoms with Gasteiger partial charge in [0.1, 0.15) is 0 Å².